The van der Waals surface area contributed by atoms with Crippen molar-refractivity contribution in [3.63, 3.8) is 0 Å². The van der Waals surface area contributed by atoms with Crippen molar-refractivity contribution in [3.8, 4) is 0 Å². The minimum Gasteiger partial charge on any atom is -0.356 e. The Morgan fingerprint density at radius 1 is 1.36 bits per heavy atom. The molecule has 1 fully saturated rings. The fourth-order valence-electron chi connectivity index (χ4n) is 2.76. The molecule has 130 valence electrons. The summed E-state index contributed by atoms with van der Waals surface area (Å²) < 4.78 is 19.1. The number of anilines is 1. The summed E-state index contributed by atoms with van der Waals surface area (Å²) >= 11 is 0. The number of benzene rings is 1. The van der Waals surface area contributed by atoms with Gasteiger partial charge in [-0.3, -0.25) is 9.59 Å². The van der Waals surface area contributed by atoms with E-state index in [1.54, 1.807) is 25.4 Å². The highest BCUT2D eigenvalue weighted by Crippen LogP contribution is 2.30. The highest BCUT2D eigenvalue weighted by molar-refractivity contribution is 5.95. The minimum absolute atomic E-state index is 0.207. The van der Waals surface area contributed by atoms with Crippen molar-refractivity contribution in [2.75, 3.05) is 19.0 Å². The largest absolute Gasteiger partial charge is 0.356 e. The number of nitrogens with one attached hydrogen (secondary N) is 1. The first-order valence-electron chi connectivity index (χ1n) is 7.82. The molecule has 1 N–H and O–H groups in total. The number of amides is 2. The number of morpholine rings is 1. The first kappa shape index (κ1) is 17.0. The van der Waals surface area contributed by atoms with Crippen LogP contribution in [0.25, 0.3) is 0 Å². The number of aryl methyl sites for hydroxylation is 1. The number of hydrogen-bond acceptors (Lipinski definition) is 4. The standard InChI is InChI=1S/C18H18FN3O3/c1-11-6-7-14(20-9-11)21-18(24)17-16(22(2)15(23)10-25-17)12-4-3-5-13(19)8-12/h3-9,16-17H,10H2,1-2H3,(H,20,21,24)/t16-,17-/m0/s1. The summed E-state index contributed by atoms with van der Waals surface area (Å²) in [6.07, 6.45) is 0.671. The van der Waals surface area contributed by atoms with E-state index in [-0.39, 0.29) is 12.5 Å². The summed E-state index contributed by atoms with van der Waals surface area (Å²) in [5.41, 5.74) is 1.46. The molecule has 0 radical (unpaired) electrons. The Hall–Kier alpha value is -2.80. The molecule has 0 unspecified atom stereocenters. The van der Waals surface area contributed by atoms with E-state index in [1.165, 1.54) is 23.1 Å². The number of rotatable bonds is 3. The molecule has 0 bridgehead atoms. The van der Waals surface area contributed by atoms with Gasteiger partial charge in [0.05, 0.1) is 6.04 Å². The molecule has 2 heterocycles. The molecule has 2 aromatic rings. The Labute approximate surface area is 144 Å². The number of ether oxygens (including phenoxy) is 1. The van der Waals surface area contributed by atoms with Gasteiger partial charge < -0.3 is 15.0 Å². The molecule has 0 saturated carbocycles. The fourth-order valence-corrected chi connectivity index (χ4v) is 2.76. The van der Waals surface area contributed by atoms with Gasteiger partial charge in [-0.2, -0.15) is 0 Å². The number of aromatic nitrogens is 1. The Morgan fingerprint density at radius 2 is 2.16 bits per heavy atom. The van der Waals surface area contributed by atoms with Crippen molar-refractivity contribution in [1.29, 1.82) is 0 Å². The van der Waals surface area contributed by atoms with E-state index in [0.717, 1.165) is 5.56 Å². The van der Waals surface area contributed by atoms with Crippen molar-refractivity contribution < 1.29 is 18.7 Å². The Kier molecular flexibility index (Phi) is 4.76. The third-order valence-corrected chi connectivity index (χ3v) is 4.10. The average molecular weight is 343 g/mol. The van der Waals surface area contributed by atoms with Gasteiger partial charge >= 0.3 is 0 Å². The Morgan fingerprint density at radius 3 is 2.84 bits per heavy atom. The molecule has 1 saturated heterocycles. The molecule has 1 aromatic carbocycles. The molecule has 6 nitrogen and oxygen atoms in total. The van der Waals surface area contributed by atoms with Crippen LogP contribution in [0.3, 0.4) is 0 Å². The van der Waals surface area contributed by atoms with Gasteiger partial charge in [-0.25, -0.2) is 9.37 Å². The van der Waals surface area contributed by atoms with Crippen molar-refractivity contribution in [2.45, 2.75) is 19.1 Å². The molecule has 1 aliphatic rings. The van der Waals surface area contributed by atoms with Gasteiger partial charge in [-0.05, 0) is 36.2 Å². The lowest BCUT2D eigenvalue weighted by Crippen LogP contribution is -2.51. The van der Waals surface area contributed by atoms with E-state index < -0.39 is 23.9 Å². The number of nitrogens with zero attached hydrogens (tertiary/aromatic N) is 2. The highest BCUT2D eigenvalue weighted by Gasteiger charge is 2.40. The zero-order valence-corrected chi connectivity index (χ0v) is 13.9. The fraction of sp³-hybridized carbons (Fsp3) is 0.278. The van der Waals surface area contributed by atoms with Gasteiger partial charge in [0.25, 0.3) is 5.91 Å². The zero-order valence-electron chi connectivity index (χ0n) is 13.9. The van der Waals surface area contributed by atoms with Gasteiger partial charge in [0.1, 0.15) is 18.2 Å². The minimum atomic E-state index is -0.965. The first-order chi connectivity index (χ1) is 12.0. The van der Waals surface area contributed by atoms with Crippen LogP contribution in [0.1, 0.15) is 17.2 Å². The molecule has 0 aliphatic carbocycles. The van der Waals surface area contributed by atoms with Crippen LogP contribution >= 0.6 is 0 Å². The van der Waals surface area contributed by atoms with Crippen LogP contribution in [0, 0.1) is 12.7 Å². The summed E-state index contributed by atoms with van der Waals surface area (Å²) in [6, 6.07) is 8.59. The number of pyridine rings is 1. The van der Waals surface area contributed by atoms with E-state index >= 15 is 0 Å². The van der Waals surface area contributed by atoms with Crippen LogP contribution in [-0.4, -0.2) is 41.5 Å². The van der Waals surface area contributed by atoms with E-state index in [0.29, 0.717) is 11.4 Å². The average Bonchev–Trinajstić information content (AvgIpc) is 2.59. The van der Waals surface area contributed by atoms with E-state index in [1.807, 2.05) is 13.0 Å². The lowest BCUT2D eigenvalue weighted by molar-refractivity contribution is -0.160. The lowest BCUT2D eigenvalue weighted by atomic mass is 9.97. The number of hydrogen-bond donors (Lipinski definition) is 1. The van der Waals surface area contributed by atoms with Crippen molar-refractivity contribution >= 4 is 17.6 Å². The van der Waals surface area contributed by atoms with Crippen LogP contribution in [0.4, 0.5) is 10.2 Å². The third-order valence-electron chi connectivity index (χ3n) is 4.10. The second-order valence-electron chi connectivity index (χ2n) is 5.95. The summed E-state index contributed by atoms with van der Waals surface area (Å²) in [4.78, 5) is 30.2. The van der Waals surface area contributed by atoms with E-state index in [4.69, 9.17) is 4.74 Å². The van der Waals surface area contributed by atoms with Crippen LogP contribution in [0.15, 0.2) is 42.6 Å². The number of carbonyl (C=O) groups excluding carboxylic acids is 2. The molecular formula is C18H18FN3O3. The molecule has 2 atom stereocenters. The molecule has 1 aliphatic heterocycles. The normalized spacial score (nSPS) is 20.4. The molecule has 0 spiro atoms. The molecule has 7 heteroatoms. The molecule has 3 rings (SSSR count). The number of carbonyl (C=O) groups is 2. The van der Waals surface area contributed by atoms with Gasteiger partial charge in [-0.1, -0.05) is 18.2 Å². The van der Waals surface area contributed by atoms with Crippen LogP contribution < -0.4 is 5.32 Å². The summed E-state index contributed by atoms with van der Waals surface area (Å²) in [6.45, 7) is 1.69. The van der Waals surface area contributed by atoms with Gasteiger partial charge in [0.15, 0.2) is 6.10 Å². The molecule has 2 amide bonds. The maximum absolute atomic E-state index is 13.6. The first-order valence-corrected chi connectivity index (χ1v) is 7.82. The van der Waals surface area contributed by atoms with E-state index in [2.05, 4.69) is 10.3 Å². The van der Waals surface area contributed by atoms with Crippen LogP contribution in [0.2, 0.25) is 0 Å². The second kappa shape index (κ2) is 6.98. The summed E-state index contributed by atoms with van der Waals surface area (Å²) in [5.74, 6) is -0.767. The summed E-state index contributed by atoms with van der Waals surface area (Å²) in [5, 5.41) is 2.68. The molecule has 1 aromatic heterocycles. The highest BCUT2D eigenvalue weighted by atomic mass is 19.1. The Bertz CT molecular complexity index is 794. The maximum atomic E-state index is 13.6. The zero-order chi connectivity index (χ0) is 18.0. The topological polar surface area (TPSA) is 71.5 Å². The third kappa shape index (κ3) is 3.66. The maximum Gasteiger partial charge on any atom is 0.257 e. The number of likely N-dealkylation sites (N-methyl/N-ethyl adjacent to an activating group) is 1. The predicted octanol–water partition coefficient (Wildman–Crippen LogP) is 2.07. The quantitative estimate of drug-likeness (QED) is 0.926. The SMILES string of the molecule is Cc1ccc(NC(=O)[C@H]2OCC(=O)N(C)[C@H]2c2cccc(F)c2)nc1. The van der Waals surface area contributed by atoms with Gasteiger partial charge in [0, 0.05) is 13.2 Å². The monoisotopic (exact) mass is 343 g/mol. The van der Waals surface area contributed by atoms with Crippen LogP contribution in [0.5, 0.6) is 0 Å². The lowest BCUT2D eigenvalue weighted by Gasteiger charge is -2.38. The second-order valence-corrected chi connectivity index (χ2v) is 5.95. The predicted molar refractivity (Wildman–Crippen MR) is 89.3 cm³/mol. The smallest absolute Gasteiger partial charge is 0.257 e. The van der Waals surface area contributed by atoms with E-state index in [9.17, 15) is 14.0 Å². The van der Waals surface area contributed by atoms with Crippen molar-refractivity contribution in [1.82, 2.24) is 9.88 Å². The number of halogens is 1. The van der Waals surface area contributed by atoms with Crippen molar-refractivity contribution in [3.05, 3.63) is 59.5 Å². The summed E-state index contributed by atoms with van der Waals surface area (Å²) in [7, 11) is 1.57. The van der Waals surface area contributed by atoms with Gasteiger partial charge in [-0.15, -0.1) is 0 Å². The van der Waals surface area contributed by atoms with Crippen LogP contribution in [-0.2, 0) is 14.3 Å². The Balaban J connectivity index is 1.87. The molecular weight excluding hydrogens is 325 g/mol. The molecule has 25 heavy (non-hydrogen) atoms. The van der Waals surface area contributed by atoms with Gasteiger partial charge in [0.2, 0.25) is 5.91 Å². The van der Waals surface area contributed by atoms with Crippen molar-refractivity contribution in [2.24, 2.45) is 0 Å².